The number of ether oxygens (including phenoxy) is 5. The van der Waals surface area contributed by atoms with Crippen molar-refractivity contribution in [2.45, 2.75) is 83.1 Å². The van der Waals surface area contributed by atoms with Crippen molar-refractivity contribution in [1.29, 1.82) is 0 Å². The SMILES string of the molecule is C#C[C@]1(COC(=O)OCCC23CC4CC(CC(C4)C2)C3)O[C@@H](n2cnc3c(N)nc(C)nc32)C[C@@H]1OC(=O)OCC. The number of fused-ring (bicyclic) bond motifs is 1. The maximum Gasteiger partial charge on any atom is 0.508 e. The Morgan fingerprint density at radius 3 is 2.46 bits per heavy atom. The van der Waals surface area contributed by atoms with Crippen molar-refractivity contribution >= 4 is 29.3 Å². The second-order valence-corrected chi connectivity index (χ2v) is 12.2. The molecule has 4 bridgehead atoms. The van der Waals surface area contributed by atoms with E-state index >= 15 is 0 Å². The zero-order valence-electron chi connectivity index (χ0n) is 23.5. The Kier molecular flexibility index (Phi) is 7.18. The second kappa shape index (κ2) is 10.7. The van der Waals surface area contributed by atoms with E-state index in [0.717, 1.165) is 24.2 Å². The number of nitrogen functional groups attached to an aromatic ring is 1. The molecule has 5 aliphatic rings. The zero-order chi connectivity index (χ0) is 28.8. The molecule has 12 heteroatoms. The van der Waals surface area contributed by atoms with Gasteiger partial charge in [0, 0.05) is 6.42 Å². The van der Waals surface area contributed by atoms with Crippen LogP contribution in [0, 0.1) is 42.4 Å². The Bertz CT molecular complexity index is 1330. The fourth-order valence-corrected chi connectivity index (χ4v) is 8.03. The van der Waals surface area contributed by atoms with E-state index in [-0.39, 0.29) is 30.9 Å². The standard InChI is InChI=1S/C29H37N5O7/c1-4-29(15-39-26(35)38-7-6-28-12-18-8-19(13-28)10-20(9-18)14-28)21(40-27(36)37-5-2)11-22(41-29)34-16-31-23-24(30)32-17(3)33-25(23)34/h1,16,18-22H,5-15H2,2-3H3,(H2,30,32,33)/t18?,19?,20?,21-,22+,28?,29+/m0/s1. The summed E-state index contributed by atoms with van der Waals surface area (Å²) >= 11 is 0. The van der Waals surface area contributed by atoms with Crippen molar-refractivity contribution in [2.24, 2.45) is 23.2 Å². The van der Waals surface area contributed by atoms with Crippen LogP contribution in [0.4, 0.5) is 15.4 Å². The highest BCUT2D eigenvalue weighted by Gasteiger charge is 2.53. The normalized spacial score (nSPS) is 33.4. The van der Waals surface area contributed by atoms with Crippen LogP contribution in [0.1, 0.15) is 70.3 Å². The van der Waals surface area contributed by atoms with Gasteiger partial charge in [0.15, 0.2) is 17.6 Å². The van der Waals surface area contributed by atoms with Gasteiger partial charge >= 0.3 is 12.3 Å². The molecule has 5 fully saturated rings. The average Bonchev–Trinajstić information content (AvgIpc) is 3.48. The van der Waals surface area contributed by atoms with Crippen molar-refractivity contribution in [3.8, 4) is 12.3 Å². The number of aryl methyl sites for hydroxylation is 1. The Labute approximate surface area is 238 Å². The summed E-state index contributed by atoms with van der Waals surface area (Å²) in [5.74, 6) is 5.72. The molecule has 1 aliphatic heterocycles. The van der Waals surface area contributed by atoms with Crippen LogP contribution in [0.3, 0.4) is 0 Å². The quantitative estimate of drug-likeness (QED) is 0.359. The first-order valence-corrected chi connectivity index (χ1v) is 14.5. The van der Waals surface area contributed by atoms with E-state index in [1.807, 2.05) is 0 Å². The van der Waals surface area contributed by atoms with E-state index < -0.39 is 30.2 Å². The molecule has 2 N–H and O–H groups in total. The fraction of sp³-hybridized carbons (Fsp3) is 0.690. The van der Waals surface area contributed by atoms with Crippen LogP contribution in [0.5, 0.6) is 0 Å². The minimum atomic E-state index is -1.60. The number of hydrogen-bond acceptors (Lipinski definition) is 11. The largest absolute Gasteiger partial charge is 0.508 e. The number of hydrogen-bond donors (Lipinski definition) is 1. The van der Waals surface area contributed by atoms with E-state index in [0.29, 0.717) is 23.6 Å². The lowest BCUT2D eigenvalue weighted by atomic mass is 9.49. The third kappa shape index (κ3) is 5.27. The van der Waals surface area contributed by atoms with Crippen LogP contribution in [-0.2, 0) is 23.7 Å². The molecule has 1 saturated heterocycles. The van der Waals surface area contributed by atoms with E-state index in [4.69, 9.17) is 35.8 Å². The van der Waals surface area contributed by atoms with E-state index in [2.05, 4.69) is 20.9 Å². The third-order valence-electron chi connectivity index (χ3n) is 9.32. The lowest BCUT2D eigenvalue weighted by Gasteiger charge is -2.57. The molecule has 12 nitrogen and oxygen atoms in total. The summed E-state index contributed by atoms with van der Waals surface area (Å²) in [5, 5.41) is 0. The van der Waals surface area contributed by atoms with Gasteiger partial charge in [-0.25, -0.2) is 24.5 Å². The van der Waals surface area contributed by atoms with Gasteiger partial charge in [0.05, 0.1) is 19.5 Å². The van der Waals surface area contributed by atoms with Crippen LogP contribution in [0.25, 0.3) is 11.2 Å². The van der Waals surface area contributed by atoms with Crippen molar-refractivity contribution in [2.75, 3.05) is 25.6 Å². The van der Waals surface area contributed by atoms with Gasteiger partial charge < -0.3 is 29.4 Å². The minimum Gasteiger partial charge on any atom is -0.435 e. The molecule has 0 spiro atoms. The zero-order valence-corrected chi connectivity index (χ0v) is 23.5. The van der Waals surface area contributed by atoms with Gasteiger partial charge in [-0.1, -0.05) is 5.92 Å². The summed E-state index contributed by atoms with van der Waals surface area (Å²) in [4.78, 5) is 37.9. The minimum absolute atomic E-state index is 0.118. The number of terminal acetylenes is 1. The molecule has 2 aromatic rings. The molecule has 0 radical (unpaired) electrons. The smallest absolute Gasteiger partial charge is 0.435 e. The van der Waals surface area contributed by atoms with Crippen LogP contribution < -0.4 is 5.73 Å². The molecule has 3 atom stereocenters. The first-order valence-electron chi connectivity index (χ1n) is 14.5. The predicted molar refractivity (Wildman–Crippen MR) is 145 cm³/mol. The molecule has 4 aliphatic carbocycles. The molecule has 2 aromatic heterocycles. The predicted octanol–water partition coefficient (Wildman–Crippen LogP) is 4.31. The lowest BCUT2D eigenvalue weighted by Crippen LogP contribution is -2.46. The molecule has 4 saturated carbocycles. The highest BCUT2D eigenvalue weighted by Crippen LogP contribution is 2.61. The molecular weight excluding hydrogens is 530 g/mol. The van der Waals surface area contributed by atoms with Crippen molar-refractivity contribution in [1.82, 2.24) is 19.5 Å². The van der Waals surface area contributed by atoms with Gasteiger partial charge in [-0.05, 0) is 82.0 Å². The Balaban J connectivity index is 1.12. The maximum atomic E-state index is 12.7. The third-order valence-corrected chi connectivity index (χ3v) is 9.32. The summed E-state index contributed by atoms with van der Waals surface area (Å²) in [5.41, 5.74) is 5.55. The van der Waals surface area contributed by atoms with Crippen LogP contribution >= 0.6 is 0 Å². The first kappa shape index (κ1) is 27.6. The highest BCUT2D eigenvalue weighted by molar-refractivity contribution is 5.81. The van der Waals surface area contributed by atoms with Gasteiger partial charge in [0.25, 0.3) is 0 Å². The Hall–Kier alpha value is -3.59. The van der Waals surface area contributed by atoms with Crippen LogP contribution in [0.2, 0.25) is 0 Å². The number of anilines is 1. The molecule has 0 amide bonds. The van der Waals surface area contributed by atoms with Crippen LogP contribution in [-0.4, -0.2) is 63.4 Å². The van der Waals surface area contributed by atoms with E-state index in [1.54, 1.807) is 18.4 Å². The number of aromatic nitrogens is 4. The van der Waals surface area contributed by atoms with E-state index in [1.165, 1.54) is 44.9 Å². The summed E-state index contributed by atoms with van der Waals surface area (Å²) in [7, 11) is 0. The molecular formula is C29H37N5O7. The van der Waals surface area contributed by atoms with E-state index in [9.17, 15) is 9.59 Å². The number of nitrogens with two attached hydrogens (primary N) is 1. The number of carbonyl (C=O) groups excluding carboxylic acids is 2. The highest BCUT2D eigenvalue weighted by atomic mass is 16.7. The monoisotopic (exact) mass is 567 g/mol. The summed E-state index contributed by atoms with van der Waals surface area (Å²) in [6.45, 7) is 3.40. The van der Waals surface area contributed by atoms with Crippen molar-refractivity contribution in [3.05, 3.63) is 12.2 Å². The molecule has 0 unspecified atom stereocenters. The van der Waals surface area contributed by atoms with Gasteiger partial charge in [-0.3, -0.25) is 4.57 Å². The van der Waals surface area contributed by atoms with Crippen molar-refractivity contribution < 1.29 is 33.3 Å². The molecule has 7 rings (SSSR count). The average molecular weight is 568 g/mol. The summed E-state index contributed by atoms with van der Waals surface area (Å²) in [6, 6.07) is 0. The maximum absolute atomic E-state index is 12.7. The summed E-state index contributed by atoms with van der Waals surface area (Å²) < 4.78 is 29.4. The summed E-state index contributed by atoms with van der Waals surface area (Å²) in [6.07, 6.45) is 12.7. The van der Waals surface area contributed by atoms with Gasteiger partial charge in [-0.15, -0.1) is 6.42 Å². The van der Waals surface area contributed by atoms with Gasteiger partial charge in [0.1, 0.15) is 24.2 Å². The number of carbonyl (C=O) groups is 2. The first-order chi connectivity index (χ1) is 19.7. The van der Waals surface area contributed by atoms with Crippen molar-refractivity contribution in [3.63, 3.8) is 0 Å². The lowest BCUT2D eigenvalue weighted by molar-refractivity contribution is -0.107. The number of nitrogens with zero attached hydrogens (tertiary/aromatic N) is 4. The molecule has 0 aromatic carbocycles. The second-order valence-electron chi connectivity index (χ2n) is 12.2. The Morgan fingerprint density at radius 2 is 1.80 bits per heavy atom. The van der Waals surface area contributed by atoms with Crippen LogP contribution in [0.15, 0.2) is 6.33 Å². The number of rotatable bonds is 8. The fourth-order valence-electron chi connectivity index (χ4n) is 8.03. The number of imidazole rings is 1. The molecule has 41 heavy (non-hydrogen) atoms. The molecule has 220 valence electrons. The molecule has 3 heterocycles. The topological polar surface area (TPSA) is 150 Å². The van der Waals surface area contributed by atoms with Gasteiger partial charge in [-0.2, -0.15) is 0 Å². The van der Waals surface area contributed by atoms with Gasteiger partial charge in [0.2, 0.25) is 5.60 Å². The Morgan fingerprint density at radius 1 is 1.10 bits per heavy atom.